The van der Waals surface area contributed by atoms with Crippen molar-refractivity contribution in [3.05, 3.63) is 34.9 Å². The zero-order valence-electron chi connectivity index (χ0n) is 14.2. The lowest BCUT2D eigenvalue weighted by Gasteiger charge is -2.24. The van der Waals surface area contributed by atoms with Crippen LogP contribution in [0.25, 0.3) is 0 Å². The standard InChI is InChI=1S/C16H23ClN2O4S/c1-15(2,3)23-14(20)19-16(9-18)12(13(16)24(4,21)22)10-6-5-7-11(17)8-10/h5-8,12-13H,9,18H2,1-4H3,(H,19,20). The number of nitrogens with two attached hydrogens (primary N) is 1. The predicted molar refractivity (Wildman–Crippen MR) is 94.0 cm³/mol. The van der Waals surface area contributed by atoms with Crippen molar-refractivity contribution >= 4 is 27.5 Å². The van der Waals surface area contributed by atoms with Crippen molar-refractivity contribution in [1.82, 2.24) is 5.32 Å². The van der Waals surface area contributed by atoms with E-state index in [4.69, 9.17) is 22.1 Å². The number of ether oxygens (including phenoxy) is 1. The van der Waals surface area contributed by atoms with Gasteiger partial charge in [0.25, 0.3) is 0 Å². The van der Waals surface area contributed by atoms with Gasteiger partial charge >= 0.3 is 6.09 Å². The van der Waals surface area contributed by atoms with E-state index >= 15 is 0 Å². The molecule has 134 valence electrons. The summed E-state index contributed by atoms with van der Waals surface area (Å²) >= 11 is 6.02. The summed E-state index contributed by atoms with van der Waals surface area (Å²) in [6.45, 7) is 5.17. The van der Waals surface area contributed by atoms with E-state index in [1.165, 1.54) is 0 Å². The lowest BCUT2D eigenvalue weighted by Crippen LogP contribution is -2.48. The molecule has 1 aliphatic rings. The van der Waals surface area contributed by atoms with Crippen molar-refractivity contribution < 1.29 is 17.9 Å². The van der Waals surface area contributed by atoms with Crippen LogP contribution >= 0.6 is 11.6 Å². The third-order valence-electron chi connectivity index (χ3n) is 4.00. The van der Waals surface area contributed by atoms with Gasteiger partial charge in [0.1, 0.15) is 5.60 Å². The lowest BCUT2D eigenvalue weighted by atomic mass is 10.1. The summed E-state index contributed by atoms with van der Waals surface area (Å²) in [7, 11) is -3.44. The van der Waals surface area contributed by atoms with E-state index in [1.807, 2.05) is 0 Å². The van der Waals surface area contributed by atoms with Crippen LogP contribution in [0, 0.1) is 0 Å². The molecule has 0 heterocycles. The van der Waals surface area contributed by atoms with Crippen molar-refractivity contribution in [2.45, 2.75) is 43.1 Å². The number of rotatable bonds is 4. The number of benzene rings is 1. The summed E-state index contributed by atoms with van der Waals surface area (Å²) in [6.07, 6.45) is 0.453. The maximum atomic E-state index is 12.2. The van der Waals surface area contributed by atoms with E-state index in [2.05, 4.69) is 5.32 Å². The van der Waals surface area contributed by atoms with Crippen LogP contribution in [0.15, 0.2) is 24.3 Å². The Balaban J connectivity index is 2.37. The Morgan fingerprint density at radius 1 is 1.42 bits per heavy atom. The maximum Gasteiger partial charge on any atom is 0.408 e. The van der Waals surface area contributed by atoms with Gasteiger partial charge in [0.05, 0.1) is 10.8 Å². The van der Waals surface area contributed by atoms with Gasteiger partial charge in [0.2, 0.25) is 0 Å². The van der Waals surface area contributed by atoms with Crippen molar-refractivity contribution in [2.75, 3.05) is 12.8 Å². The van der Waals surface area contributed by atoms with E-state index in [0.717, 1.165) is 11.8 Å². The molecule has 3 atom stereocenters. The highest BCUT2D eigenvalue weighted by atomic mass is 35.5. The third-order valence-corrected chi connectivity index (χ3v) is 5.85. The van der Waals surface area contributed by atoms with Gasteiger partial charge in [-0.05, 0) is 38.5 Å². The summed E-state index contributed by atoms with van der Waals surface area (Å²) in [4.78, 5) is 12.2. The van der Waals surface area contributed by atoms with Crippen LogP contribution in [0.5, 0.6) is 0 Å². The maximum absolute atomic E-state index is 12.2. The molecule has 0 bridgehead atoms. The highest BCUT2D eigenvalue weighted by Crippen LogP contribution is 2.55. The van der Waals surface area contributed by atoms with E-state index in [1.54, 1.807) is 45.0 Å². The van der Waals surface area contributed by atoms with Crippen molar-refractivity contribution in [2.24, 2.45) is 5.73 Å². The first-order valence-corrected chi connectivity index (χ1v) is 9.89. The molecule has 1 amide bonds. The number of hydrogen-bond donors (Lipinski definition) is 2. The van der Waals surface area contributed by atoms with Gasteiger partial charge in [-0.3, -0.25) is 0 Å². The molecule has 1 aromatic rings. The fourth-order valence-corrected chi connectivity index (χ4v) is 5.22. The minimum Gasteiger partial charge on any atom is -0.444 e. The predicted octanol–water partition coefficient (Wildman–Crippen LogP) is 2.07. The highest BCUT2D eigenvalue weighted by Gasteiger charge is 2.70. The van der Waals surface area contributed by atoms with Crippen LogP contribution in [0.1, 0.15) is 32.3 Å². The van der Waals surface area contributed by atoms with Crippen molar-refractivity contribution in [3.8, 4) is 0 Å². The molecular weight excluding hydrogens is 352 g/mol. The van der Waals surface area contributed by atoms with Crippen LogP contribution in [0.2, 0.25) is 5.02 Å². The SMILES string of the molecule is CC(C)(C)OC(=O)NC1(CN)C(c2cccc(Cl)c2)C1S(C)(=O)=O. The number of nitrogens with one attached hydrogen (secondary N) is 1. The Bertz CT molecular complexity index is 745. The third kappa shape index (κ3) is 3.84. The Hall–Kier alpha value is -1.31. The molecule has 2 rings (SSSR count). The number of carbonyl (C=O) groups is 1. The number of sulfone groups is 1. The smallest absolute Gasteiger partial charge is 0.408 e. The van der Waals surface area contributed by atoms with Gasteiger partial charge in [-0.25, -0.2) is 13.2 Å². The Morgan fingerprint density at radius 2 is 2.04 bits per heavy atom. The molecule has 1 aliphatic carbocycles. The average Bonchev–Trinajstić information content (AvgIpc) is 3.05. The van der Waals surface area contributed by atoms with Crippen LogP contribution in [-0.2, 0) is 14.6 Å². The number of hydrogen-bond acceptors (Lipinski definition) is 5. The summed E-state index contributed by atoms with van der Waals surface area (Å²) in [5.41, 5.74) is 4.80. The molecule has 0 aliphatic heterocycles. The molecule has 0 aromatic heterocycles. The Kier molecular flexibility index (Phi) is 4.92. The molecular formula is C16H23ClN2O4S. The van der Waals surface area contributed by atoms with E-state index in [-0.39, 0.29) is 6.54 Å². The molecule has 24 heavy (non-hydrogen) atoms. The molecule has 8 heteroatoms. The van der Waals surface area contributed by atoms with Gasteiger partial charge in [-0.1, -0.05) is 23.7 Å². The number of alkyl carbamates (subject to hydrolysis) is 1. The average molecular weight is 375 g/mol. The Labute approximate surface area is 147 Å². The van der Waals surface area contributed by atoms with Gasteiger partial charge in [-0.2, -0.15) is 0 Å². The molecule has 0 saturated heterocycles. The second-order valence-corrected chi connectivity index (χ2v) is 9.76. The zero-order valence-corrected chi connectivity index (χ0v) is 15.7. The van der Waals surface area contributed by atoms with Crippen LogP contribution < -0.4 is 11.1 Å². The van der Waals surface area contributed by atoms with E-state index in [9.17, 15) is 13.2 Å². The summed E-state index contributed by atoms with van der Waals surface area (Å²) in [6, 6.07) is 6.92. The monoisotopic (exact) mass is 374 g/mol. The molecule has 0 radical (unpaired) electrons. The number of amides is 1. The fraction of sp³-hybridized carbons (Fsp3) is 0.562. The highest BCUT2D eigenvalue weighted by molar-refractivity contribution is 7.91. The van der Waals surface area contributed by atoms with Crippen molar-refractivity contribution in [3.63, 3.8) is 0 Å². The van der Waals surface area contributed by atoms with Gasteiger partial charge in [-0.15, -0.1) is 0 Å². The summed E-state index contributed by atoms with van der Waals surface area (Å²) < 4.78 is 29.7. The van der Waals surface area contributed by atoms with Crippen LogP contribution in [-0.4, -0.2) is 43.7 Å². The second kappa shape index (κ2) is 6.20. The first-order chi connectivity index (χ1) is 10.9. The first-order valence-electron chi connectivity index (χ1n) is 7.56. The number of carbonyl (C=O) groups excluding carboxylic acids is 1. The normalized spacial score (nSPS) is 26.8. The molecule has 1 aromatic carbocycles. The van der Waals surface area contributed by atoms with E-state index < -0.39 is 38.2 Å². The van der Waals surface area contributed by atoms with E-state index in [0.29, 0.717) is 5.02 Å². The molecule has 3 unspecified atom stereocenters. The lowest BCUT2D eigenvalue weighted by molar-refractivity contribution is 0.0497. The number of halogens is 1. The molecule has 6 nitrogen and oxygen atoms in total. The Morgan fingerprint density at radius 3 is 2.50 bits per heavy atom. The van der Waals surface area contributed by atoms with Gasteiger partial charge in [0.15, 0.2) is 9.84 Å². The van der Waals surface area contributed by atoms with Gasteiger partial charge < -0.3 is 15.8 Å². The summed E-state index contributed by atoms with van der Waals surface area (Å²) in [5.74, 6) is -0.469. The molecule has 1 saturated carbocycles. The van der Waals surface area contributed by atoms with Crippen LogP contribution in [0.4, 0.5) is 4.79 Å². The zero-order chi connectivity index (χ0) is 18.3. The fourth-order valence-electron chi connectivity index (χ4n) is 3.14. The second-order valence-electron chi connectivity index (χ2n) is 7.15. The molecule has 3 N–H and O–H groups in total. The quantitative estimate of drug-likeness (QED) is 0.840. The topological polar surface area (TPSA) is 98.5 Å². The minimum absolute atomic E-state index is 0.0266. The first kappa shape index (κ1) is 19.0. The minimum atomic E-state index is -3.44. The van der Waals surface area contributed by atoms with Crippen molar-refractivity contribution in [1.29, 1.82) is 0 Å². The summed E-state index contributed by atoms with van der Waals surface area (Å²) in [5, 5.41) is 2.37. The molecule has 0 spiro atoms. The largest absolute Gasteiger partial charge is 0.444 e. The molecule has 1 fully saturated rings. The van der Waals surface area contributed by atoms with Gasteiger partial charge in [0, 0.05) is 23.7 Å². The van der Waals surface area contributed by atoms with Crippen LogP contribution in [0.3, 0.4) is 0 Å².